The van der Waals surface area contributed by atoms with Crippen LogP contribution in [0, 0.1) is 6.92 Å². The number of nitrogen functional groups attached to an aromatic ring is 1. The predicted octanol–water partition coefficient (Wildman–Crippen LogP) is 4.90. The Morgan fingerprint density at radius 1 is 1.14 bits per heavy atom. The van der Waals surface area contributed by atoms with Crippen LogP contribution in [0.1, 0.15) is 51.6 Å². The molecular weight excluding hydrogens is 258 g/mol. The third-order valence-corrected chi connectivity index (χ3v) is 3.86. The van der Waals surface area contributed by atoms with E-state index in [1.165, 1.54) is 37.8 Å². The molecule has 0 fully saturated rings. The van der Waals surface area contributed by atoms with Crippen LogP contribution >= 0.6 is 0 Å². The first-order valence-electron chi connectivity index (χ1n) is 8.07. The lowest BCUT2D eigenvalue weighted by atomic mass is 10.0. The van der Waals surface area contributed by atoms with E-state index in [2.05, 4.69) is 30.2 Å². The minimum absolute atomic E-state index is 0.529. The van der Waals surface area contributed by atoms with Crippen LogP contribution in [0.15, 0.2) is 24.3 Å². The zero-order valence-corrected chi connectivity index (χ0v) is 13.4. The number of anilines is 2. The summed E-state index contributed by atoms with van der Waals surface area (Å²) in [6, 6.07) is 8.60. The van der Waals surface area contributed by atoms with Crippen molar-refractivity contribution >= 4 is 22.3 Å². The summed E-state index contributed by atoms with van der Waals surface area (Å²) in [6.45, 7) is 6.53. The summed E-state index contributed by atoms with van der Waals surface area (Å²) < 4.78 is 0. The lowest BCUT2D eigenvalue weighted by molar-refractivity contribution is 0.565. The number of pyridine rings is 1. The lowest BCUT2D eigenvalue weighted by Gasteiger charge is -2.21. The van der Waals surface area contributed by atoms with Crippen molar-refractivity contribution < 1.29 is 0 Å². The second-order valence-electron chi connectivity index (χ2n) is 5.86. The molecule has 0 spiro atoms. The molecule has 0 aliphatic carbocycles. The van der Waals surface area contributed by atoms with E-state index in [0.29, 0.717) is 6.04 Å². The van der Waals surface area contributed by atoms with Gasteiger partial charge < -0.3 is 11.1 Å². The number of nitrogens with zero attached hydrogens (tertiary/aromatic N) is 1. The Balaban J connectivity index is 2.32. The Labute approximate surface area is 128 Å². The summed E-state index contributed by atoms with van der Waals surface area (Å²) in [7, 11) is 0. The maximum Gasteiger partial charge on any atom is 0.0727 e. The van der Waals surface area contributed by atoms with Gasteiger partial charge in [-0.15, -0.1) is 0 Å². The van der Waals surface area contributed by atoms with Crippen LogP contribution in [-0.4, -0.2) is 11.0 Å². The first-order chi connectivity index (χ1) is 10.1. The average molecular weight is 285 g/mol. The molecule has 114 valence electrons. The quantitative estimate of drug-likeness (QED) is 0.712. The molecule has 2 aromatic rings. The second kappa shape index (κ2) is 7.30. The fourth-order valence-electron chi connectivity index (χ4n) is 2.80. The molecular formula is C18H27N3. The van der Waals surface area contributed by atoms with Gasteiger partial charge >= 0.3 is 0 Å². The first-order valence-corrected chi connectivity index (χ1v) is 8.07. The molecule has 0 amide bonds. The van der Waals surface area contributed by atoms with Crippen LogP contribution in [0.3, 0.4) is 0 Å². The summed E-state index contributed by atoms with van der Waals surface area (Å²) in [5.74, 6) is 0. The highest BCUT2D eigenvalue weighted by atomic mass is 14.9. The Bertz CT molecular complexity index is 592. The third kappa shape index (κ3) is 4.10. The van der Waals surface area contributed by atoms with Crippen LogP contribution in [0.4, 0.5) is 11.4 Å². The maximum atomic E-state index is 5.94. The SMILES string of the molecule is CCCCC(CCC)Nc1cc(C)nc2ccc(N)cc12. The fraction of sp³-hybridized carbons (Fsp3) is 0.500. The molecule has 0 saturated carbocycles. The van der Waals surface area contributed by atoms with Gasteiger partial charge in [-0.2, -0.15) is 0 Å². The van der Waals surface area contributed by atoms with Crippen molar-refractivity contribution in [3.05, 3.63) is 30.0 Å². The largest absolute Gasteiger partial charge is 0.399 e. The number of fused-ring (bicyclic) bond motifs is 1. The second-order valence-corrected chi connectivity index (χ2v) is 5.86. The number of rotatable bonds is 7. The van der Waals surface area contributed by atoms with Crippen LogP contribution in [0.2, 0.25) is 0 Å². The van der Waals surface area contributed by atoms with Crippen molar-refractivity contribution in [2.75, 3.05) is 11.1 Å². The van der Waals surface area contributed by atoms with E-state index in [1.54, 1.807) is 0 Å². The zero-order valence-electron chi connectivity index (χ0n) is 13.4. The summed E-state index contributed by atoms with van der Waals surface area (Å²) >= 11 is 0. The molecule has 2 rings (SSSR count). The highest BCUT2D eigenvalue weighted by molar-refractivity contribution is 5.93. The molecule has 0 aliphatic heterocycles. The van der Waals surface area contributed by atoms with Gasteiger partial charge in [0.1, 0.15) is 0 Å². The van der Waals surface area contributed by atoms with Crippen LogP contribution < -0.4 is 11.1 Å². The Hall–Kier alpha value is -1.77. The number of benzene rings is 1. The minimum Gasteiger partial charge on any atom is -0.399 e. The fourth-order valence-corrected chi connectivity index (χ4v) is 2.80. The van der Waals surface area contributed by atoms with Crippen molar-refractivity contribution in [2.45, 2.75) is 58.9 Å². The van der Waals surface area contributed by atoms with Gasteiger partial charge in [-0.3, -0.25) is 4.98 Å². The molecule has 3 nitrogen and oxygen atoms in total. The predicted molar refractivity (Wildman–Crippen MR) is 92.7 cm³/mol. The number of hydrogen-bond donors (Lipinski definition) is 2. The van der Waals surface area contributed by atoms with Gasteiger partial charge in [0.15, 0.2) is 0 Å². The molecule has 0 bridgehead atoms. The van der Waals surface area contributed by atoms with E-state index in [0.717, 1.165) is 22.3 Å². The van der Waals surface area contributed by atoms with Gasteiger partial charge in [0.25, 0.3) is 0 Å². The molecule has 1 unspecified atom stereocenters. The Morgan fingerprint density at radius 3 is 2.67 bits per heavy atom. The molecule has 3 N–H and O–H groups in total. The zero-order chi connectivity index (χ0) is 15.2. The van der Waals surface area contributed by atoms with Gasteiger partial charge in [0, 0.05) is 28.5 Å². The Kier molecular flexibility index (Phi) is 5.43. The molecule has 0 aliphatic rings. The molecule has 3 heteroatoms. The standard InChI is InChI=1S/C18H27N3/c1-4-6-8-15(7-5-2)21-18-11-13(3)20-17-10-9-14(19)12-16(17)18/h9-12,15H,4-8,19H2,1-3H3,(H,20,21). The van der Waals surface area contributed by atoms with Crippen molar-refractivity contribution in [3.8, 4) is 0 Å². The summed E-state index contributed by atoms with van der Waals surface area (Å²) in [4.78, 5) is 4.60. The van der Waals surface area contributed by atoms with E-state index in [4.69, 9.17) is 5.73 Å². The van der Waals surface area contributed by atoms with Crippen LogP contribution in [-0.2, 0) is 0 Å². The van der Waals surface area contributed by atoms with E-state index in [-0.39, 0.29) is 0 Å². The molecule has 1 aromatic heterocycles. The van der Waals surface area contributed by atoms with Crippen molar-refractivity contribution in [2.24, 2.45) is 0 Å². The smallest absolute Gasteiger partial charge is 0.0727 e. The Morgan fingerprint density at radius 2 is 1.95 bits per heavy atom. The first kappa shape index (κ1) is 15.6. The van der Waals surface area contributed by atoms with Gasteiger partial charge in [-0.1, -0.05) is 33.1 Å². The number of nitrogens with two attached hydrogens (primary N) is 1. The van der Waals surface area contributed by atoms with E-state index < -0.39 is 0 Å². The van der Waals surface area contributed by atoms with E-state index >= 15 is 0 Å². The monoisotopic (exact) mass is 285 g/mol. The summed E-state index contributed by atoms with van der Waals surface area (Å²) in [6.07, 6.45) is 6.12. The molecule has 0 radical (unpaired) electrons. The number of nitrogens with one attached hydrogen (secondary N) is 1. The highest BCUT2D eigenvalue weighted by Crippen LogP contribution is 2.27. The minimum atomic E-state index is 0.529. The maximum absolute atomic E-state index is 5.94. The van der Waals surface area contributed by atoms with Crippen molar-refractivity contribution in [1.29, 1.82) is 0 Å². The topological polar surface area (TPSA) is 50.9 Å². The van der Waals surface area contributed by atoms with E-state index in [9.17, 15) is 0 Å². The molecule has 1 heterocycles. The normalized spacial score (nSPS) is 12.5. The van der Waals surface area contributed by atoms with E-state index in [1.807, 2.05) is 25.1 Å². The van der Waals surface area contributed by atoms with Gasteiger partial charge in [-0.25, -0.2) is 0 Å². The third-order valence-electron chi connectivity index (χ3n) is 3.86. The summed E-state index contributed by atoms with van der Waals surface area (Å²) in [5, 5.41) is 4.85. The number of aromatic nitrogens is 1. The molecule has 0 saturated heterocycles. The molecule has 1 aromatic carbocycles. The molecule has 21 heavy (non-hydrogen) atoms. The lowest BCUT2D eigenvalue weighted by Crippen LogP contribution is -2.19. The average Bonchev–Trinajstić information content (AvgIpc) is 2.45. The highest BCUT2D eigenvalue weighted by Gasteiger charge is 2.11. The van der Waals surface area contributed by atoms with Gasteiger partial charge in [0.05, 0.1) is 5.52 Å². The number of unbranched alkanes of at least 4 members (excludes halogenated alkanes) is 1. The number of hydrogen-bond acceptors (Lipinski definition) is 3. The van der Waals surface area contributed by atoms with Crippen molar-refractivity contribution in [1.82, 2.24) is 4.98 Å². The van der Waals surface area contributed by atoms with Crippen molar-refractivity contribution in [3.63, 3.8) is 0 Å². The van der Waals surface area contributed by atoms with Crippen LogP contribution in [0.5, 0.6) is 0 Å². The van der Waals surface area contributed by atoms with Gasteiger partial charge in [-0.05, 0) is 44.0 Å². The summed E-state index contributed by atoms with van der Waals surface area (Å²) in [5.41, 5.74) is 9.95. The number of aryl methyl sites for hydroxylation is 1. The van der Waals surface area contributed by atoms with Gasteiger partial charge in [0.2, 0.25) is 0 Å². The molecule has 1 atom stereocenters. The van der Waals surface area contributed by atoms with Crippen LogP contribution in [0.25, 0.3) is 10.9 Å².